The van der Waals surface area contributed by atoms with Gasteiger partial charge in [0.2, 0.25) is 0 Å². The van der Waals surface area contributed by atoms with E-state index in [1.165, 1.54) is 11.8 Å². The maximum absolute atomic E-state index is 11.5. The lowest BCUT2D eigenvalue weighted by atomic mass is 10.0. The SMILES string of the molecule is Cc1ccc(Cl)cc1CC(Sc1ccccc1)C(=O)O. The molecule has 0 spiro atoms. The third-order valence-electron chi connectivity index (χ3n) is 3.01. The Morgan fingerprint density at radius 2 is 1.95 bits per heavy atom. The highest BCUT2D eigenvalue weighted by molar-refractivity contribution is 8.00. The molecule has 2 rings (SSSR count). The summed E-state index contributed by atoms with van der Waals surface area (Å²) in [6.07, 6.45) is 0.460. The van der Waals surface area contributed by atoms with Gasteiger partial charge in [0.1, 0.15) is 5.25 Å². The number of benzene rings is 2. The Morgan fingerprint density at radius 1 is 1.25 bits per heavy atom. The topological polar surface area (TPSA) is 37.3 Å². The molecule has 1 unspecified atom stereocenters. The van der Waals surface area contributed by atoms with Gasteiger partial charge in [-0.25, -0.2) is 0 Å². The van der Waals surface area contributed by atoms with Gasteiger partial charge in [-0.2, -0.15) is 0 Å². The Kier molecular flexibility index (Phi) is 5.10. The van der Waals surface area contributed by atoms with E-state index in [-0.39, 0.29) is 0 Å². The first-order chi connectivity index (χ1) is 9.56. The van der Waals surface area contributed by atoms with Crippen molar-refractivity contribution in [3.63, 3.8) is 0 Å². The predicted octanol–water partition coefficient (Wildman–Crippen LogP) is 4.44. The Balaban J connectivity index is 2.18. The molecule has 0 saturated heterocycles. The second-order valence-corrected chi connectivity index (χ2v) is 6.25. The smallest absolute Gasteiger partial charge is 0.317 e. The second kappa shape index (κ2) is 6.82. The third-order valence-corrected chi connectivity index (χ3v) is 4.45. The monoisotopic (exact) mass is 306 g/mol. The van der Waals surface area contributed by atoms with Gasteiger partial charge in [-0.1, -0.05) is 35.9 Å². The molecule has 0 aliphatic heterocycles. The molecular formula is C16H15ClO2S. The largest absolute Gasteiger partial charge is 0.480 e. The molecule has 0 fully saturated rings. The van der Waals surface area contributed by atoms with Crippen LogP contribution in [-0.2, 0) is 11.2 Å². The van der Waals surface area contributed by atoms with Crippen molar-refractivity contribution in [2.45, 2.75) is 23.5 Å². The van der Waals surface area contributed by atoms with Crippen molar-refractivity contribution in [1.82, 2.24) is 0 Å². The van der Waals surface area contributed by atoms with Gasteiger partial charge in [0.25, 0.3) is 0 Å². The van der Waals surface area contributed by atoms with Crippen LogP contribution in [-0.4, -0.2) is 16.3 Å². The van der Waals surface area contributed by atoms with Crippen LogP contribution in [0.2, 0.25) is 5.02 Å². The van der Waals surface area contributed by atoms with Crippen LogP contribution in [0.1, 0.15) is 11.1 Å². The van der Waals surface area contributed by atoms with Gasteiger partial charge in [-0.05, 0) is 48.7 Å². The summed E-state index contributed by atoms with van der Waals surface area (Å²) in [5.74, 6) is -0.807. The van der Waals surface area contributed by atoms with Crippen molar-refractivity contribution < 1.29 is 9.90 Å². The summed E-state index contributed by atoms with van der Waals surface area (Å²) in [6, 6.07) is 15.2. The molecule has 0 bridgehead atoms. The van der Waals surface area contributed by atoms with E-state index in [0.29, 0.717) is 11.4 Å². The fourth-order valence-corrected chi connectivity index (χ4v) is 3.10. The highest BCUT2D eigenvalue weighted by atomic mass is 35.5. The van der Waals surface area contributed by atoms with Crippen molar-refractivity contribution >= 4 is 29.3 Å². The summed E-state index contributed by atoms with van der Waals surface area (Å²) < 4.78 is 0. The van der Waals surface area contributed by atoms with Crippen molar-refractivity contribution in [3.8, 4) is 0 Å². The highest BCUT2D eigenvalue weighted by Gasteiger charge is 2.20. The molecule has 0 aliphatic rings. The fourth-order valence-electron chi connectivity index (χ4n) is 1.90. The number of hydrogen-bond acceptors (Lipinski definition) is 2. The average molecular weight is 307 g/mol. The van der Waals surface area contributed by atoms with Gasteiger partial charge >= 0.3 is 5.97 Å². The van der Waals surface area contributed by atoms with Crippen LogP contribution >= 0.6 is 23.4 Å². The Bertz CT molecular complexity index is 599. The first-order valence-corrected chi connectivity index (χ1v) is 7.51. The van der Waals surface area contributed by atoms with E-state index in [2.05, 4.69) is 0 Å². The number of carbonyl (C=O) groups is 1. The molecule has 0 radical (unpaired) electrons. The number of carboxylic acid groups (broad SMARTS) is 1. The highest BCUT2D eigenvalue weighted by Crippen LogP contribution is 2.27. The molecule has 0 aliphatic carbocycles. The molecule has 4 heteroatoms. The van der Waals surface area contributed by atoms with Gasteiger partial charge in [0.15, 0.2) is 0 Å². The van der Waals surface area contributed by atoms with Crippen LogP contribution in [0.3, 0.4) is 0 Å². The molecule has 0 saturated carbocycles. The van der Waals surface area contributed by atoms with Crippen molar-refractivity contribution in [3.05, 3.63) is 64.7 Å². The molecule has 0 amide bonds. The zero-order valence-electron chi connectivity index (χ0n) is 11.0. The molecule has 2 aromatic carbocycles. The first-order valence-electron chi connectivity index (χ1n) is 6.26. The number of thioether (sulfide) groups is 1. The number of carboxylic acids is 1. The summed E-state index contributed by atoms with van der Waals surface area (Å²) in [7, 11) is 0. The molecule has 1 N–H and O–H groups in total. The van der Waals surface area contributed by atoms with E-state index < -0.39 is 11.2 Å². The van der Waals surface area contributed by atoms with E-state index in [9.17, 15) is 9.90 Å². The molecule has 20 heavy (non-hydrogen) atoms. The number of hydrogen-bond donors (Lipinski definition) is 1. The number of halogens is 1. The summed E-state index contributed by atoms with van der Waals surface area (Å²) in [4.78, 5) is 12.4. The maximum atomic E-state index is 11.5. The summed E-state index contributed by atoms with van der Waals surface area (Å²) in [6.45, 7) is 1.97. The standard InChI is InChI=1S/C16H15ClO2S/c1-11-7-8-13(17)9-12(11)10-15(16(18)19)20-14-5-3-2-4-6-14/h2-9,15H,10H2,1H3,(H,18,19). The molecule has 2 aromatic rings. The minimum absolute atomic E-state index is 0.460. The minimum Gasteiger partial charge on any atom is -0.480 e. The van der Waals surface area contributed by atoms with E-state index in [1.54, 1.807) is 0 Å². The quantitative estimate of drug-likeness (QED) is 0.830. The first kappa shape index (κ1) is 14.9. The zero-order valence-corrected chi connectivity index (χ0v) is 12.6. The van der Waals surface area contributed by atoms with Crippen LogP contribution in [0.15, 0.2) is 53.4 Å². The number of rotatable bonds is 5. The molecule has 2 nitrogen and oxygen atoms in total. The second-order valence-electron chi connectivity index (χ2n) is 4.53. The van der Waals surface area contributed by atoms with Crippen LogP contribution in [0.4, 0.5) is 0 Å². The average Bonchev–Trinajstić information content (AvgIpc) is 2.43. The normalized spacial score (nSPS) is 12.1. The lowest BCUT2D eigenvalue weighted by molar-refractivity contribution is -0.136. The van der Waals surface area contributed by atoms with E-state index in [4.69, 9.17) is 11.6 Å². The van der Waals surface area contributed by atoms with Gasteiger partial charge in [0, 0.05) is 9.92 Å². The van der Waals surface area contributed by atoms with E-state index >= 15 is 0 Å². The third kappa shape index (κ3) is 4.02. The Labute approximate surface area is 127 Å². The Morgan fingerprint density at radius 3 is 2.60 bits per heavy atom. The van der Waals surface area contributed by atoms with Gasteiger partial charge < -0.3 is 5.11 Å². The van der Waals surface area contributed by atoms with Crippen molar-refractivity contribution in [2.24, 2.45) is 0 Å². The summed E-state index contributed by atoms with van der Waals surface area (Å²) >= 11 is 7.35. The van der Waals surface area contributed by atoms with Gasteiger partial charge in [0.05, 0.1) is 0 Å². The van der Waals surface area contributed by atoms with E-state index in [1.807, 2.05) is 55.5 Å². The lowest BCUT2D eigenvalue weighted by Gasteiger charge is -2.14. The predicted molar refractivity (Wildman–Crippen MR) is 83.6 cm³/mol. The summed E-state index contributed by atoms with van der Waals surface area (Å²) in [5, 5.41) is 9.52. The minimum atomic E-state index is -0.807. The fraction of sp³-hybridized carbons (Fsp3) is 0.188. The molecule has 0 aromatic heterocycles. The van der Waals surface area contributed by atoms with Crippen LogP contribution in [0.25, 0.3) is 0 Å². The van der Waals surface area contributed by atoms with Crippen molar-refractivity contribution in [2.75, 3.05) is 0 Å². The maximum Gasteiger partial charge on any atom is 0.317 e. The van der Waals surface area contributed by atoms with Crippen LogP contribution in [0.5, 0.6) is 0 Å². The van der Waals surface area contributed by atoms with E-state index in [0.717, 1.165) is 16.0 Å². The number of aliphatic carboxylic acids is 1. The van der Waals surface area contributed by atoms with Crippen LogP contribution in [0, 0.1) is 6.92 Å². The lowest BCUT2D eigenvalue weighted by Crippen LogP contribution is -2.19. The van der Waals surface area contributed by atoms with Gasteiger partial charge in [-0.3, -0.25) is 4.79 Å². The molecule has 104 valence electrons. The van der Waals surface area contributed by atoms with Gasteiger partial charge in [-0.15, -0.1) is 11.8 Å². The molecular weight excluding hydrogens is 292 g/mol. The van der Waals surface area contributed by atoms with Crippen molar-refractivity contribution in [1.29, 1.82) is 0 Å². The zero-order chi connectivity index (χ0) is 14.5. The Hall–Kier alpha value is -1.45. The van der Waals surface area contributed by atoms with Crippen LogP contribution < -0.4 is 0 Å². The molecule has 1 atom stereocenters. The number of aryl methyl sites for hydroxylation is 1. The molecule has 0 heterocycles. The summed E-state index contributed by atoms with van der Waals surface area (Å²) in [5.41, 5.74) is 2.04.